The van der Waals surface area contributed by atoms with Crippen molar-refractivity contribution in [1.82, 2.24) is 5.32 Å². The Balaban J connectivity index is 2.37. The first-order chi connectivity index (χ1) is 8.50. The summed E-state index contributed by atoms with van der Waals surface area (Å²) in [7, 11) is 0. The maximum Gasteiger partial charge on any atom is 0.313 e. The van der Waals surface area contributed by atoms with Crippen LogP contribution in [0.5, 0.6) is 0 Å². The van der Waals surface area contributed by atoms with Gasteiger partial charge in [0.1, 0.15) is 5.41 Å². The van der Waals surface area contributed by atoms with Crippen molar-refractivity contribution >= 4 is 11.9 Å². The fraction of sp³-hybridized carbons (Fsp3) is 0.833. The molecule has 6 nitrogen and oxygen atoms in total. The zero-order valence-electron chi connectivity index (χ0n) is 10.9. The van der Waals surface area contributed by atoms with Crippen LogP contribution in [0.25, 0.3) is 0 Å². The van der Waals surface area contributed by atoms with Gasteiger partial charge in [0.05, 0.1) is 19.3 Å². The molecule has 0 aromatic rings. The third-order valence-corrected chi connectivity index (χ3v) is 3.18. The molecule has 2 unspecified atom stereocenters. The minimum absolute atomic E-state index is 0.131. The minimum Gasteiger partial charge on any atom is -0.481 e. The SMILES string of the molecule is CCOCCCC(=O)NC1COCC1(C)C(=O)O. The Hall–Kier alpha value is -1.14. The quantitative estimate of drug-likeness (QED) is 0.647. The molecule has 1 amide bonds. The third kappa shape index (κ3) is 3.68. The van der Waals surface area contributed by atoms with E-state index in [1.807, 2.05) is 6.92 Å². The molecule has 0 aromatic carbocycles. The predicted octanol–water partition coefficient (Wildman–Crippen LogP) is 0.409. The minimum atomic E-state index is -1.03. The molecule has 104 valence electrons. The summed E-state index contributed by atoms with van der Waals surface area (Å²) in [6.45, 7) is 5.05. The molecule has 2 N–H and O–H groups in total. The number of hydrogen-bond acceptors (Lipinski definition) is 4. The van der Waals surface area contributed by atoms with E-state index in [2.05, 4.69) is 5.32 Å². The second-order valence-electron chi connectivity index (χ2n) is 4.66. The Morgan fingerprint density at radius 3 is 2.89 bits per heavy atom. The van der Waals surface area contributed by atoms with Crippen molar-refractivity contribution < 1.29 is 24.2 Å². The number of carboxylic acid groups (broad SMARTS) is 1. The zero-order chi connectivity index (χ0) is 13.6. The van der Waals surface area contributed by atoms with Gasteiger partial charge in [0.15, 0.2) is 0 Å². The molecule has 0 saturated carbocycles. The van der Waals surface area contributed by atoms with Crippen LogP contribution in [-0.2, 0) is 19.1 Å². The van der Waals surface area contributed by atoms with E-state index in [9.17, 15) is 9.59 Å². The zero-order valence-corrected chi connectivity index (χ0v) is 10.9. The number of ether oxygens (including phenoxy) is 2. The molecular formula is C12H21NO5. The lowest BCUT2D eigenvalue weighted by atomic mass is 9.85. The number of carbonyl (C=O) groups is 2. The van der Waals surface area contributed by atoms with E-state index in [1.165, 1.54) is 0 Å². The number of aliphatic carboxylic acids is 1. The van der Waals surface area contributed by atoms with Gasteiger partial charge in [0, 0.05) is 19.6 Å². The van der Waals surface area contributed by atoms with E-state index in [1.54, 1.807) is 6.92 Å². The van der Waals surface area contributed by atoms with Gasteiger partial charge in [-0.3, -0.25) is 9.59 Å². The summed E-state index contributed by atoms with van der Waals surface area (Å²) in [5.74, 6) is -1.10. The van der Waals surface area contributed by atoms with E-state index >= 15 is 0 Å². The van der Waals surface area contributed by atoms with Crippen molar-refractivity contribution in [3.8, 4) is 0 Å². The van der Waals surface area contributed by atoms with Crippen molar-refractivity contribution in [3.63, 3.8) is 0 Å². The molecule has 1 fully saturated rings. The van der Waals surface area contributed by atoms with Gasteiger partial charge in [-0.05, 0) is 20.3 Å². The molecule has 0 bridgehead atoms. The van der Waals surface area contributed by atoms with Gasteiger partial charge < -0.3 is 19.9 Å². The van der Waals surface area contributed by atoms with Gasteiger partial charge >= 0.3 is 5.97 Å². The second kappa shape index (κ2) is 6.70. The van der Waals surface area contributed by atoms with E-state index < -0.39 is 17.4 Å². The molecule has 18 heavy (non-hydrogen) atoms. The topological polar surface area (TPSA) is 84.9 Å². The van der Waals surface area contributed by atoms with Crippen molar-refractivity contribution in [2.45, 2.75) is 32.7 Å². The largest absolute Gasteiger partial charge is 0.481 e. The maximum atomic E-state index is 11.7. The highest BCUT2D eigenvalue weighted by molar-refractivity contribution is 5.80. The van der Waals surface area contributed by atoms with Crippen molar-refractivity contribution in [2.24, 2.45) is 5.41 Å². The molecule has 2 atom stereocenters. The Morgan fingerprint density at radius 1 is 1.56 bits per heavy atom. The highest BCUT2D eigenvalue weighted by Crippen LogP contribution is 2.28. The van der Waals surface area contributed by atoms with Crippen LogP contribution in [-0.4, -0.2) is 49.5 Å². The first kappa shape index (κ1) is 14.9. The number of hydrogen-bond donors (Lipinski definition) is 2. The second-order valence-corrected chi connectivity index (χ2v) is 4.66. The molecule has 1 aliphatic rings. The van der Waals surface area contributed by atoms with Crippen LogP contribution in [0.1, 0.15) is 26.7 Å². The molecule has 0 radical (unpaired) electrons. The van der Waals surface area contributed by atoms with Crippen molar-refractivity contribution in [3.05, 3.63) is 0 Å². The van der Waals surface area contributed by atoms with E-state index in [0.29, 0.717) is 26.1 Å². The average molecular weight is 259 g/mol. The average Bonchev–Trinajstić information content (AvgIpc) is 2.68. The number of rotatable bonds is 7. The fourth-order valence-electron chi connectivity index (χ4n) is 1.83. The molecule has 0 spiro atoms. The number of carbonyl (C=O) groups excluding carboxylic acids is 1. The molecular weight excluding hydrogens is 238 g/mol. The maximum absolute atomic E-state index is 11.7. The predicted molar refractivity (Wildman–Crippen MR) is 64.2 cm³/mol. The summed E-state index contributed by atoms with van der Waals surface area (Å²) in [6.07, 6.45) is 0.975. The Bertz CT molecular complexity index is 307. The summed E-state index contributed by atoms with van der Waals surface area (Å²) >= 11 is 0. The lowest BCUT2D eigenvalue weighted by Gasteiger charge is -2.25. The van der Waals surface area contributed by atoms with Crippen LogP contribution in [0.4, 0.5) is 0 Å². The number of nitrogens with one attached hydrogen (secondary N) is 1. The van der Waals surface area contributed by atoms with Gasteiger partial charge in [0.2, 0.25) is 5.91 Å². The first-order valence-electron chi connectivity index (χ1n) is 6.19. The normalized spacial score (nSPS) is 27.1. The summed E-state index contributed by atoms with van der Waals surface area (Å²) in [5, 5.41) is 11.9. The van der Waals surface area contributed by atoms with Crippen molar-refractivity contribution in [2.75, 3.05) is 26.4 Å². The molecule has 1 rings (SSSR count). The Labute approximate surface area is 107 Å². The van der Waals surface area contributed by atoms with E-state index in [-0.39, 0.29) is 19.1 Å². The van der Waals surface area contributed by atoms with Crippen LogP contribution in [0, 0.1) is 5.41 Å². The molecule has 1 aliphatic heterocycles. The van der Waals surface area contributed by atoms with Gasteiger partial charge in [-0.1, -0.05) is 0 Å². The third-order valence-electron chi connectivity index (χ3n) is 3.18. The van der Waals surface area contributed by atoms with Crippen LogP contribution < -0.4 is 5.32 Å². The Morgan fingerprint density at radius 2 is 2.28 bits per heavy atom. The summed E-state index contributed by atoms with van der Waals surface area (Å²) in [6, 6.07) is -0.463. The highest BCUT2D eigenvalue weighted by atomic mass is 16.5. The summed E-state index contributed by atoms with van der Waals surface area (Å²) in [5.41, 5.74) is -1.03. The van der Waals surface area contributed by atoms with Crippen LogP contribution >= 0.6 is 0 Å². The van der Waals surface area contributed by atoms with Crippen LogP contribution in [0.2, 0.25) is 0 Å². The van der Waals surface area contributed by atoms with Gasteiger partial charge in [0.25, 0.3) is 0 Å². The number of carboxylic acids is 1. The first-order valence-corrected chi connectivity index (χ1v) is 6.19. The molecule has 0 aromatic heterocycles. The number of amides is 1. The van der Waals surface area contributed by atoms with E-state index in [4.69, 9.17) is 14.6 Å². The lowest BCUT2D eigenvalue weighted by molar-refractivity contribution is -0.149. The van der Waals surface area contributed by atoms with Crippen molar-refractivity contribution in [1.29, 1.82) is 0 Å². The lowest BCUT2D eigenvalue weighted by Crippen LogP contribution is -2.49. The molecule has 1 heterocycles. The van der Waals surface area contributed by atoms with E-state index in [0.717, 1.165) is 0 Å². The van der Waals surface area contributed by atoms with Gasteiger partial charge in [-0.25, -0.2) is 0 Å². The monoisotopic (exact) mass is 259 g/mol. The summed E-state index contributed by atoms with van der Waals surface area (Å²) < 4.78 is 10.3. The molecule has 6 heteroatoms. The Kier molecular flexibility index (Phi) is 5.55. The molecule has 0 aliphatic carbocycles. The fourth-order valence-corrected chi connectivity index (χ4v) is 1.83. The molecule has 1 saturated heterocycles. The smallest absolute Gasteiger partial charge is 0.313 e. The van der Waals surface area contributed by atoms with Gasteiger partial charge in [-0.2, -0.15) is 0 Å². The summed E-state index contributed by atoms with van der Waals surface area (Å²) in [4.78, 5) is 22.8. The standard InChI is InChI=1S/C12H21NO5/c1-3-17-6-4-5-10(14)13-9-7-18-8-12(9,2)11(15)16/h9H,3-8H2,1-2H3,(H,13,14)(H,15,16). The van der Waals surface area contributed by atoms with Crippen LogP contribution in [0.3, 0.4) is 0 Å². The van der Waals surface area contributed by atoms with Crippen LogP contribution in [0.15, 0.2) is 0 Å². The highest BCUT2D eigenvalue weighted by Gasteiger charge is 2.47. The van der Waals surface area contributed by atoms with Gasteiger partial charge in [-0.15, -0.1) is 0 Å².